The number of morpholine rings is 1. The number of H-pyrrole nitrogens is 1. The Bertz CT molecular complexity index is 1320. The van der Waals surface area contributed by atoms with Gasteiger partial charge in [0.05, 0.1) is 22.7 Å². The summed E-state index contributed by atoms with van der Waals surface area (Å²) in [5, 5.41) is 0.780. The molecule has 1 aliphatic rings. The van der Waals surface area contributed by atoms with Crippen LogP contribution >= 0.6 is 0 Å². The van der Waals surface area contributed by atoms with Gasteiger partial charge in [0, 0.05) is 35.8 Å². The van der Waals surface area contributed by atoms with Gasteiger partial charge in [0.25, 0.3) is 0 Å². The van der Waals surface area contributed by atoms with Gasteiger partial charge in [-0.05, 0) is 44.0 Å². The third-order valence-corrected chi connectivity index (χ3v) is 7.74. The van der Waals surface area contributed by atoms with E-state index in [0.717, 1.165) is 22.9 Å². The Morgan fingerprint density at radius 3 is 2.53 bits per heavy atom. The number of hydrogen-bond donors (Lipinski definition) is 1. The van der Waals surface area contributed by atoms with E-state index in [1.54, 1.807) is 6.20 Å². The first-order valence-corrected chi connectivity index (χ1v) is 12.7. The molecule has 0 saturated carbocycles. The Hall–Kier alpha value is -3.01. The highest BCUT2D eigenvalue weighted by atomic mass is 32.2. The monoisotopic (exact) mass is 484 g/mol. The predicted molar refractivity (Wildman–Crippen MR) is 127 cm³/mol. The first-order chi connectivity index (χ1) is 16.2. The maximum atomic E-state index is 13.1. The molecule has 0 spiro atoms. The fourth-order valence-corrected chi connectivity index (χ4v) is 5.93. The van der Waals surface area contributed by atoms with Crippen LogP contribution in [-0.4, -0.2) is 61.4 Å². The number of Topliss-reactive ketones (excluding diaryl/α,β-unsaturated/α-hetero) is 1. The summed E-state index contributed by atoms with van der Waals surface area (Å²) in [7, 11) is -3.81. The molecule has 2 atom stereocenters. The minimum atomic E-state index is -3.81. The SMILES string of the molecule is CCc1cccc2c(C(=O)COC(=O)c3cccc(S(=O)(=O)N4CC(C)OC(C)C4)c3)c[nH]c12. The number of para-hydroxylation sites is 1. The normalized spacial score (nSPS) is 19.3. The molecule has 3 aromatic rings. The number of nitrogens with zero attached hydrogens (tertiary/aromatic N) is 1. The number of aromatic nitrogens is 1. The number of fused-ring (bicyclic) bond motifs is 1. The van der Waals surface area contributed by atoms with Crippen LogP contribution in [0.4, 0.5) is 0 Å². The van der Waals surface area contributed by atoms with Gasteiger partial charge >= 0.3 is 5.97 Å². The van der Waals surface area contributed by atoms with Crippen LogP contribution in [-0.2, 0) is 25.9 Å². The van der Waals surface area contributed by atoms with Crippen molar-refractivity contribution < 1.29 is 27.5 Å². The highest BCUT2D eigenvalue weighted by molar-refractivity contribution is 7.89. The average Bonchev–Trinajstić information content (AvgIpc) is 3.26. The molecule has 2 heterocycles. The number of aromatic amines is 1. The second kappa shape index (κ2) is 9.69. The number of aryl methyl sites for hydroxylation is 1. The van der Waals surface area contributed by atoms with E-state index in [1.165, 1.54) is 28.6 Å². The molecule has 0 aliphatic carbocycles. The minimum Gasteiger partial charge on any atom is -0.454 e. The van der Waals surface area contributed by atoms with Crippen LogP contribution in [0.2, 0.25) is 0 Å². The molecular weight excluding hydrogens is 456 g/mol. The zero-order chi connectivity index (χ0) is 24.5. The highest BCUT2D eigenvalue weighted by Gasteiger charge is 2.32. The van der Waals surface area contributed by atoms with Gasteiger partial charge in [-0.25, -0.2) is 13.2 Å². The van der Waals surface area contributed by atoms with Gasteiger partial charge in [-0.15, -0.1) is 0 Å². The van der Waals surface area contributed by atoms with Crippen molar-refractivity contribution in [2.24, 2.45) is 0 Å². The molecule has 2 aromatic carbocycles. The molecule has 4 rings (SSSR count). The molecule has 1 saturated heterocycles. The van der Waals surface area contributed by atoms with E-state index in [9.17, 15) is 18.0 Å². The van der Waals surface area contributed by atoms with Crippen molar-refractivity contribution in [3.8, 4) is 0 Å². The molecule has 1 fully saturated rings. The maximum Gasteiger partial charge on any atom is 0.338 e. The van der Waals surface area contributed by atoms with Crippen LogP contribution in [0.1, 0.15) is 47.1 Å². The number of nitrogens with one attached hydrogen (secondary N) is 1. The molecule has 8 nitrogen and oxygen atoms in total. The number of ketones is 1. The summed E-state index contributed by atoms with van der Waals surface area (Å²) in [5.74, 6) is -1.10. The maximum absolute atomic E-state index is 13.1. The van der Waals surface area contributed by atoms with Crippen molar-refractivity contribution >= 4 is 32.7 Å². The number of esters is 1. The van der Waals surface area contributed by atoms with Gasteiger partial charge in [0.15, 0.2) is 6.61 Å². The lowest BCUT2D eigenvalue weighted by Crippen LogP contribution is -2.48. The number of benzene rings is 2. The molecule has 9 heteroatoms. The lowest BCUT2D eigenvalue weighted by Gasteiger charge is -2.34. The lowest BCUT2D eigenvalue weighted by molar-refractivity contribution is -0.0440. The van der Waals surface area contributed by atoms with Crippen LogP contribution in [0, 0.1) is 0 Å². The van der Waals surface area contributed by atoms with Gasteiger partial charge in [0.1, 0.15) is 0 Å². The van der Waals surface area contributed by atoms with E-state index in [0.29, 0.717) is 5.56 Å². The molecule has 34 heavy (non-hydrogen) atoms. The van der Waals surface area contributed by atoms with E-state index in [2.05, 4.69) is 4.98 Å². The van der Waals surface area contributed by atoms with Crippen molar-refractivity contribution in [1.29, 1.82) is 0 Å². The highest BCUT2D eigenvalue weighted by Crippen LogP contribution is 2.24. The zero-order valence-electron chi connectivity index (χ0n) is 19.4. The molecule has 0 bridgehead atoms. The van der Waals surface area contributed by atoms with Crippen molar-refractivity contribution in [1.82, 2.24) is 9.29 Å². The number of ether oxygens (including phenoxy) is 2. The van der Waals surface area contributed by atoms with Gasteiger partial charge in [-0.1, -0.05) is 31.2 Å². The molecule has 0 amide bonds. The summed E-state index contributed by atoms with van der Waals surface area (Å²) < 4.78 is 38.4. The predicted octanol–water partition coefficient (Wildman–Crippen LogP) is 3.57. The topological polar surface area (TPSA) is 106 Å². The van der Waals surface area contributed by atoms with E-state index in [1.807, 2.05) is 39.0 Å². The fraction of sp³-hybridized carbons (Fsp3) is 0.360. The third-order valence-electron chi connectivity index (χ3n) is 5.91. The second-order valence-electron chi connectivity index (χ2n) is 8.50. The first kappa shape index (κ1) is 24.1. The number of rotatable bonds is 7. The standard InChI is InChI=1S/C25H28N2O6S/c1-4-18-7-6-10-21-22(12-26-24(18)21)23(28)15-32-25(29)19-8-5-9-20(11-19)34(30,31)27-13-16(2)33-17(3)14-27/h5-12,16-17,26H,4,13-15H2,1-3H3. The summed E-state index contributed by atoms with van der Waals surface area (Å²) >= 11 is 0. The van der Waals surface area contributed by atoms with Gasteiger partial charge in [-0.2, -0.15) is 4.31 Å². The van der Waals surface area contributed by atoms with E-state index < -0.39 is 22.6 Å². The Morgan fingerprint density at radius 2 is 1.82 bits per heavy atom. The third kappa shape index (κ3) is 4.77. The molecule has 2 unspecified atom stereocenters. The summed E-state index contributed by atoms with van der Waals surface area (Å²) in [6, 6.07) is 11.4. The Morgan fingerprint density at radius 1 is 1.12 bits per heavy atom. The zero-order valence-corrected chi connectivity index (χ0v) is 20.2. The first-order valence-electron chi connectivity index (χ1n) is 11.3. The van der Waals surface area contributed by atoms with Crippen molar-refractivity contribution in [3.05, 3.63) is 65.4 Å². The molecule has 1 aliphatic heterocycles. The summed E-state index contributed by atoms with van der Waals surface area (Å²) in [6.07, 6.45) is 1.99. The second-order valence-corrected chi connectivity index (χ2v) is 10.4. The summed E-state index contributed by atoms with van der Waals surface area (Å²) in [5.41, 5.74) is 2.50. The van der Waals surface area contributed by atoms with Crippen LogP contribution in [0.5, 0.6) is 0 Å². The van der Waals surface area contributed by atoms with E-state index in [4.69, 9.17) is 9.47 Å². The molecule has 0 radical (unpaired) electrons. The number of carbonyl (C=O) groups excluding carboxylic acids is 2. The fourth-order valence-electron chi connectivity index (χ4n) is 4.29. The van der Waals surface area contributed by atoms with Crippen LogP contribution in [0.15, 0.2) is 53.6 Å². The average molecular weight is 485 g/mol. The number of sulfonamides is 1. The smallest absolute Gasteiger partial charge is 0.338 e. The van der Waals surface area contributed by atoms with Crippen molar-refractivity contribution in [3.63, 3.8) is 0 Å². The van der Waals surface area contributed by atoms with Crippen molar-refractivity contribution in [2.45, 2.75) is 44.3 Å². The van der Waals surface area contributed by atoms with E-state index in [-0.39, 0.29) is 41.5 Å². The Kier molecular flexibility index (Phi) is 6.88. The lowest BCUT2D eigenvalue weighted by atomic mass is 10.1. The molecule has 1 aromatic heterocycles. The quantitative estimate of drug-likeness (QED) is 0.406. The molecule has 180 valence electrons. The van der Waals surface area contributed by atoms with Gasteiger partial charge in [-0.3, -0.25) is 4.79 Å². The van der Waals surface area contributed by atoms with Crippen molar-refractivity contribution in [2.75, 3.05) is 19.7 Å². The van der Waals surface area contributed by atoms with Crippen LogP contribution < -0.4 is 0 Å². The van der Waals surface area contributed by atoms with E-state index >= 15 is 0 Å². The van der Waals surface area contributed by atoms with Gasteiger partial charge < -0.3 is 14.5 Å². The molecular formula is C25H28N2O6S. The Labute approximate surface area is 198 Å². The summed E-state index contributed by atoms with van der Waals surface area (Å²) in [6.45, 7) is 5.70. The summed E-state index contributed by atoms with van der Waals surface area (Å²) in [4.78, 5) is 28.5. The minimum absolute atomic E-state index is 0.00157. The van der Waals surface area contributed by atoms with Crippen LogP contribution in [0.25, 0.3) is 10.9 Å². The number of hydrogen-bond acceptors (Lipinski definition) is 6. The Balaban J connectivity index is 1.47. The van der Waals surface area contributed by atoms with Gasteiger partial charge in [0.2, 0.25) is 15.8 Å². The van der Waals surface area contributed by atoms with Crippen LogP contribution in [0.3, 0.4) is 0 Å². The molecule has 1 N–H and O–H groups in total. The number of carbonyl (C=O) groups is 2. The largest absolute Gasteiger partial charge is 0.454 e.